The van der Waals surface area contributed by atoms with Crippen LogP contribution in [0.25, 0.3) is 0 Å². The van der Waals surface area contributed by atoms with Gasteiger partial charge in [-0.05, 0) is 30.2 Å². The van der Waals surface area contributed by atoms with Crippen LogP contribution >= 0.6 is 11.6 Å². The molecule has 0 unspecified atom stereocenters. The molecule has 1 heterocycles. The van der Waals surface area contributed by atoms with E-state index in [-0.39, 0.29) is 23.0 Å². The van der Waals surface area contributed by atoms with Crippen molar-refractivity contribution in [1.29, 1.82) is 0 Å². The molecule has 1 fully saturated rings. The van der Waals surface area contributed by atoms with Crippen molar-refractivity contribution in [3.63, 3.8) is 0 Å². The number of carbonyl (C=O) groups is 3. The number of urea groups is 1. The van der Waals surface area contributed by atoms with Gasteiger partial charge in [0.2, 0.25) is 0 Å². The molecule has 10 heteroatoms. The molecule has 2 N–H and O–H groups in total. The Morgan fingerprint density at radius 2 is 1.84 bits per heavy atom. The van der Waals surface area contributed by atoms with Gasteiger partial charge >= 0.3 is 12.2 Å². The van der Waals surface area contributed by atoms with Gasteiger partial charge in [0.05, 0.1) is 0 Å². The second-order valence-electron chi connectivity index (χ2n) is 5.95. The average molecular weight is 378 g/mol. The number of amides is 4. The minimum Gasteiger partial charge on any atom is -0.314 e. The number of alkyl halides is 3. The number of rotatable bonds is 4. The van der Waals surface area contributed by atoms with Crippen molar-refractivity contribution in [3.8, 4) is 0 Å². The number of nitrogens with one attached hydrogen (secondary N) is 2. The van der Waals surface area contributed by atoms with Crippen LogP contribution in [-0.2, 0) is 4.79 Å². The van der Waals surface area contributed by atoms with Gasteiger partial charge in [0, 0.05) is 17.1 Å². The summed E-state index contributed by atoms with van der Waals surface area (Å²) in [6.45, 7) is 3.07. The summed E-state index contributed by atoms with van der Waals surface area (Å²) in [5, 5.41) is 3.49. The summed E-state index contributed by atoms with van der Waals surface area (Å²) in [5.74, 6) is -2.99. The van der Waals surface area contributed by atoms with Gasteiger partial charge in [-0.3, -0.25) is 19.8 Å². The Bertz CT molecular complexity index is 706. The fourth-order valence-corrected chi connectivity index (χ4v) is 2.42. The van der Waals surface area contributed by atoms with Crippen LogP contribution in [0.4, 0.5) is 18.0 Å². The summed E-state index contributed by atoms with van der Waals surface area (Å²) in [7, 11) is 0. The number of nitrogens with zero attached hydrogens (tertiary/aromatic N) is 1. The normalized spacial score (nSPS) is 20.8. The molecule has 25 heavy (non-hydrogen) atoms. The Morgan fingerprint density at radius 1 is 1.28 bits per heavy atom. The third-order valence-corrected chi connectivity index (χ3v) is 3.74. The summed E-state index contributed by atoms with van der Waals surface area (Å²) in [5.41, 5.74) is -3.65. The lowest BCUT2D eigenvalue weighted by atomic mass is 10.1. The molecule has 1 aromatic carbocycles. The lowest BCUT2D eigenvalue weighted by Gasteiger charge is -2.30. The summed E-state index contributed by atoms with van der Waals surface area (Å²) < 4.78 is 40.8. The van der Waals surface area contributed by atoms with Crippen molar-refractivity contribution < 1.29 is 27.6 Å². The van der Waals surface area contributed by atoms with Gasteiger partial charge in [0.15, 0.2) is 0 Å². The molecule has 1 aliphatic rings. The molecule has 2 rings (SSSR count). The lowest BCUT2D eigenvalue weighted by Crippen LogP contribution is -2.69. The molecular formula is C15H15ClF3N3O3. The molecule has 0 radical (unpaired) electrons. The standard InChI is InChI=1S/C15H15ClF3N3O3/c1-8(2)7-22-12(24)14(15(17,18)19,21-13(22)25)20-11(23)9-3-5-10(16)6-4-9/h3-6,8H,7H2,1-2H3,(H,20,23)(H,21,25)/t14-/m1/s1. The number of benzene rings is 1. The molecule has 1 atom stereocenters. The zero-order valence-corrected chi connectivity index (χ0v) is 14.0. The van der Waals surface area contributed by atoms with Gasteiger partial charge in [-0.15, -0.1) is 0 Å². The van der Waals surface area contributed by atoms with Crippen molar-refractivity contribution in [2.45, 2.75) is 25.7 Å². The zero-order chi connectivity index (χ0) is 19.0. The highest BCUT2D eigenvalue weighted by Crippen LogP contribution is 2.34. The Morgan fingerprint density at radius 3 is 2.32 bits per heavy atom. The van der Waals surface area contributed by atoms with Crippen molar-refractivity contribution in [2.24, 2.45) is 5.92 Å². The Kier molecular flexibility index (Phi) is 4.99. The average Bonchev–Trinajstić information content (AvgIpc) is 2.72. The molecule has 6 nitrogen and oxygen atoms in total. The van der Waals surface area contributed by atoms with Gasteiger partial charge < -0.3 is 5.32 Å². The maximum Gasteiger partial charge on any atom is 0.440 e. The fourth-order valence-electron chi connectivity index (χ4n) is 2.30. The van der Waals surface area contributed by atoms with Gasteiger partial charge in [0.25, 0.3) is 17.5 Å². The third-order valence-electron chi connectivity index (χ3n) is 3.49. The summed E-state index contributed by atoms with van der Waals surface area (Å²) >= 11 is 5.67. The number of hydrogen-bond acceptors (Lipinski definition) is 3. The fraction of sp³-hybridized carbons (Fsp3) is 0.400. The summed E-state index contributed by atoms with van der Waals surface area (Å²) in [6, 6.07) is 3.82. The highest BCUT2D eigenvalue weighted by molar-refractivity contribution is 6.30. The van der Waals surface area contributed by atoms with Crippen LogP contribution in [0, 0.1) is 5.92 Å². The third kappa shape index (κ3) is 3.55. The molecule has 4 amide bonds. The molecule has 0 aliphatic carbocycles. The molecule has 0 aromatic heterocycles. The Hall–Kier alpha value is -2.29. The second-order valence-corrected chi connectivity index (χ2v) is 6.38. The zero-order valence-electron chi connectivity index (χ0n) is 13.3. The van der Waals surface area contributed by atoms with E-state index >= 15 is 0 Å². The SMILES string of the molecule is CC(C)CN1C(=O)N[C@@](NC(=O)c2ccc(Cl)cc2)(C(F)(F)F)C1=O. The first-order chi connectivity index (χ1) is 11.5. The van der Waals surface area contributed by atoms with Crippen LogP contribution in [0.1, 0.15) is 24.2 Å². The Labute approximate surface area is 146 Å². The molecule has 1 aliphatic heterocycles. The molecule has 1 saturated heterocycles. The molecule has 0 spiro atoms. The number of halogens is 4. The van der Waals surface area contributed by atoms with Crippen LogP contribution in [-0.4, -0.2) is 41.1 Å². The van der Waals surface area contributed by atoms with Crippen molar-refractivity contribution in [2.75, 3.05) is 6.54 Å². The smallest absolute Gasteiger partial charge is 0.314 e. The van der Waals surface area contributed by atoms with Gasteiger partial charge in [0.1, 0.15) is 0 Å². The minimum atomic E-state index is -5.23. The van der Waals surface area contributed by atoms with E-state index in [2.05, 4.69) is 0 Å². The van der Waals surface area contributed by atoms with Gasteiger partial charge in [-0.2, -0.15) is 13.2 Å². The molecule has 136 valence electrons. The maximum atomic E-state index is 13.6. The maximum absolute atomic E-state index is 13.6. The van der Waals surface area contributed by atoms with Gasteiger partial charge in [-0.1, -0.05) is 25.4 Å². The molecule has 1 aromatic rings. The Balaban J connectivity index is 2.37. The van der Waals surface area contributed by atoms with Crippen LogP contribution in [0.15, 0.2) is 24.3 Å². The van der Waals surface area contributed by atoms with E-state index in [1.54, 1.807) is 24.5 Å². The van der Waals surface area contributed by atoms with Crippen molar-refractivity contribution >= 4 is 29.4 Å². The van der Waals surface area contributed by atoms with E-state index < -0.39 is 29.7 Å². The summed E-state index contributed by atoms with van der Waals surface area (Å²) in [6.07, 6.45) is -5.23. The molecular weight excluding hydrogens is 363 g/mol. The number of hydrogen-bond donors (Lipinski definition) is 2. The van der Waals surface area contributed by atoms with Crippen LogP contribution in [0.5, 0.6) is 0 Å². The first-order valence-corrected chi connectivity index (χ1v) is 7.64. The second kappa shape index (κ2) is 6.55. The highest BCUT2D eigenvalue weighted by atomic mass is 35.5. The van der Waals surface area contributed by atoms with E-state index in [4.69, 9.17) is 11.6 Å². The molecule has 0 saturated carbocycles. The first kappa shape index (κ1) is 19.0. The minimum absolute atomic E-state index is 0.141. The van der Waals surface area contributed by atoms with Gasteiger partial charge in [-0.25, -0.2) is 4.79 Å². The summed E-state index contributed by atoms with van der Waals surface area (Å²) in [4.78, 5) is 36.8. The van der Waals surface area contributed by atoms with E-state index in [1.165, 1.54) is 24.3 Å². The number of imide groups is 1. The highest BCUT2D eigenvalue weighted by Gasteiger charge is 2.68. The van der Waals surface area contributed by atoms with Crippen LogP contribution < -0.4 is 10.6 Å². The van der Waals surface area contributed by atoms with Crippen LogP contribution in [0.2, 0.25) is 5.02 Å². The molecule has 0 bridgehead atoms. The van der Waals surface area contributed by atoms with E-state index in [9.17, 15) is 27.6 Å². The van der Waals surface area contributed by atoms with E-state index in [0.29, 0.717) is 4.90 Å². The van der Waals surface area contributed by atoms with Crippen molar-refractivity contribution in [1.82, 2.24) is 15.5 Å². The topological polar surface area (TPSA) is 78.5 Å². The van der Waals surface area contributed by atoms with E-state index in [0.717, 1.165) is 0 Å². The predicted octanol–water partition coefficient (Wildman–Crippen LogP) is 2.54. The quantitative estimate of drug-likeness (QED) is 0.791. The number of carbonyl (C=O) groups excluding carboxylic acids is 3. The van der Waals surface area contributed by atoms with Crippen molar-refractivity contribution in [3.05, 3.63) is 34.9 Å². The largest absolute Gasteiger partial charge is 0.440 e. The predicted molar refractivity (Wildman–Crippen MR) is 82.8 cm³/mol. The lowest BCUT2D eigenvalue weighted by molar-refractivity contribution is -0.200. The van der Waals surface area contributed by atoms with E-state index in [1.807, 2.05) is 0 Å². The monoisotopic (exact) mass is 377 g/mol. The van der Waals surface area contributed by atoms with Crippen LogP contribution in [0.3, 0.4) is 0 Å². The first-order valence-electron chi connectivity index (χ1n) is 7.27.